The molecule has 0 heterocycles. The van der Waals surface area contributed by atoms with Crippen LogP contribution in [0.4, 0.5) is 20.2 Å². The highest BCUT2D eigenvalue weighted by Gasteiger charge is 2.18. The van der Waals surface area contributed by atoms with E-state index in [4.69, 9.17) is 5.73 Å². The van der Waals surface area contributed by atoms with Crippen molar-refractivity contribution in [3.63, 3.8) is 0 Å². The van der Waals surface area contributed by atoms with Crippen molar-refractivity contribution >= 4 is 21.4 Å². The van der Waals surface area contributed by atoms with Gasteiger partial charge in [-0.25, -0.2) is 17.2 Å². The molecule has 0 amide bonds. The van der Waals surface area contributed by atoms with Gasteiger partial charge in [-0.15, -0.1) is 6.58 Å². The Labute approximate surface area is 117 Å². The molecule has 0 unspecified atom stereocenters. The average molecular weight is 304 g/mol. The van der Waals surface area contributed by atoms with Gasteiger partial charge in [0.25, 0.3) is 0 Å². The third-order valence-electron chi connectivity index (χ3n) is 2.84. The van der Waals surface area contributed by atoms with Crippen LogP contribution in [0.1, 0.15) is 24.8 Å². The summed E-state index contributed by atoms with van der Waals surface area (Å²) in [5.74, 6) is -1.89. The molecule has 1 rings (SSSR count). The lowest BCUT2D eigenvalue weighted by Gasteiger charge is -2.12. The number of unbranched alkanes of at least 4 members (excludes halogenated alkanes) is 2. The Morgan fingerprint density at radius 3 is 2.65 bits per heavy atom. The maximum absolute atomic E-state index is 13.8. The highest BCUT2D eigenvalue weighted by atomic mass is 32.2. The van der Waals surface area contributed by atoms with Crippen molar-refractivity contribution in [3.05, 3.63) is 35.9 Å². The van der Waals surface area contributed by atoms with Crippen molar-refractivity contribution in [2.24, 2.45) is 0 Å². The number of halogens is 2. The van der Waals surface area contributed by atoms with Crippen LogP contribution in [-0.4, -0.2) is 14.2 Å². The first kappa shape index (κ1) is 16.4. The van der Waals surface area contributed by atoms with Gasteiger partial charge in [0.15, 0.2) is 5.82 Å². The van der Waals surface area contributed by atoms with Crippen LogP contribution in [0.3, 0.4) is 0 Å². The highest BCUT2D eigenvalue weighted by Crippen LogP contribution is 2.27. The number of hydrogen-bond donors (Lipinski definition) is 2. The fraction of sp³-hybridized carbons (Fsp3) is 0.385. The molecule has 7 heteroatoms. The Morgan fingerprint density at radius 1 is 1.40 bits per heavy atom. The summed E-state index contributed by atoms with van der Waals surface area (Å²) in [5, 5.41) is 0. The summed E-state index contributed by atoms with van der Waals surface area (Å²) < 4.78 is 52.8. The molecular weight excluding hydrogens is 286 g/mol. The first-order valence-corrected chi connectivity index (χ1v) is 7.79. The van der Waals surface area contributed by atoms with Crippen LogP contribution in [0.25, 0.3) is 0 Å². The predicted octanol–water partition coefficient (Wildman–Crippen LogP) is 2.95. The number of anilines is 2. The zero-order chi connectivity index (χ0) is 15.3. The number of rotatable bonds is 7. The van der Waals surface area contributed by atoms with Gasteiger partial charge in [-0.05, 0) is 26.2 Å². The summed E-state index contributed by atoms with van der Waals surface area (Å²) in [6.07, 6.45) is 3.47. The molecule has 0 aliphatic rings. The number of nitrogen functional groups attached to an aromatic ring is 1. The number of sulfonamides is 1. The lowest BCUT2D eigenvalue weighted by Crippen LogP contribution is -2.18. The molecule has 4 nitrogen and oxygen atoms in total. The molecule has 0 aliphatic heterocycles. The van der Waals surface area contributed by atoms with E-state index in [0.717, 1.165) is 6.07 Å². The van der Waals surface area contributed by atoms with E-state index < -0.39 is 33.0 Å². The minimum Gasteiger partial charge on any atom is -0.396 e. The third kappa shape index (κ3) is 4.19. The van der Waals surface area contributed by atoms with Crippen molar-refractivity contribution in [3.8, 4) is 0 Å². The van der Waals surface area contributed by atoms with Gasteiger partial charge in [-0.2, -0.15) is 0 Å². The molecule has 0 saturated carbocycles. The van der Waals surface area contributed by atoms with Crippen LogP contribution in [-0.2, 0) is 10.0 Å². The largest absolute Gasteiger partial charge is 0.396 e. The molecule has 0 aromatic heterocycles. The van der Waals surface area contributed by atoms with Crippen molar-refractivity contribution in [1.29, 1.82) is 0 Å². The molecule has 112 valence electrons. The molecule has 0 aliphatic carbocycles. The van der Waals surface area contributed by atoms with E-state index in [9.17, 15) is 17.2 Å². The zero-order valence-electron chi connectivity index (χ0n) is 11.2. The zero-order valence-corrected chi connectivity index (χ0v) is 12.1. The Kier molecular flexibility index (Phi) is 5.50. The molecule has 0 radical (unpaired) electrons. The van der Waals surface area contributed by atoms with Crippen LogP contribution in [0.15, 0.2) is 18.7 Å². The van der Waals surface area contributed by atoms with E-state index in [1.54, 1.807) is 6.08 Å². The van der Waals surface area contributed by atoms with Crippen molar-refractivity contribution in [1.82, 2.24) is 0 Å². The van der Waals surface area contributed by atoms with E-state index in [1.807, 2.05) is 4.72 Å². The Bertz CT molecular complexity index is 601. The maximum Gasteiger partial charge on any atom is 0.232 e. The topological polar surface area (TPSA) is 72.2 Å². The minimum absolute atomic E-state index is 0.0450. The first-order chi connectivity index (χ1) is 9.28. The number of allylic oxidation sites excluding steroid dienone is 1. The quantitative estimate of drug-likeness (QED) is 0.462. The summed E-state index contributed by atoms with van der Waals surface area (Å²) in [6, 6.07) is 0.794. The fourth-order valence-electron chi connectivity index (χ4n) is 1.61. The van der Waals surface area contributed by atoms with Gasteiger partial charge < -0.3 is 5.73 Å². The van der Waals surface area contributed by atoms with Gasteiger partial charge in [0.1, 0.15) is 5.82 Å². The first-order valence-electron chi connectivity index (χ1n) is 6.14. The van der Waals surface area contributed by atoms with Gasteiger partial charge in [-0.3, -0.25) is 4.72 Å². The predicted molar refractivity (Wildman–Crippen MR) is 77.0 cm³/mol. The van der Waals surface area contributed by atoms with Crippen LogP contribution in [0.5, 0.6) is 0 Å². The summed E-state index contributed by atoms with van der Waals surface area (Å²) in [7, 11) is -3.73. The number of nitrogens with one attached hydrogen (secondary N) is 1. The van der Waals surface area contributed by atoms with E-state index in [2.05, 4.69) is 6.58 Å². The van der Waals surface area contributed by atoms with Gasteiger partial charge in [-0.1, -0.05) is 6.08 Å². The Morgan fingerprint density at radius 2 is 2.05 bits per heavy atom. The molecule has 0 fully saturated rings. The van der Waals surface area contributed by atoms with Crippen LogP contribution in [0, 0.1) is 18.6 Å². The Balaban J connectivity index is 2.85. The van der Waals surface area contributed by atoms with Crippen LogP contribution < -0.4 is 10.5 Å². The third-order valence-corrected chi connectivity index (χ3v) is 4.20. The Hall–Kier alpha value is -1.63. The summed E-state index contributed by atoms with van der Waals surface area (Å²) in [5.41, 5.74) is 4.48. The average Bonchev–Trinajstić information content (AvgIpc) is 2.38. The van der Waals surface area contributed by atoms with Gasteiger partial charge in [0.2, 0.25) is 10.0 Å². The second-order valence-electron chi connectivity index (χ2n) is 4.46. The monoisotopic (exact) mass is 304 g/mol. The molecule has 20 heavy (non-hydrogen) atoms. The smallest absolute Gasteiger partial charge is 0.232 e. The highest BCUT2D eigenvalue weighted by molar-refractivity contribution is 7.92. The van der Waals surface area contributed by atoms with Gasteiger partial charge >= 0.3 is 0 Å². The normalized spacial score (nSPS) is 11.3. The number of hydrogen-bond acceptors (Lipinski definition) is 3. The molecule has 1 aromatic carbocycles. The number of benzene rings is 1. The second-order valence-corrected chi connectivity index (χ2v) is 6.31. The molecule has 1 aromatic rings. The van der Waals surface area contributed by atoms with Crippen molar-refractivity contribution < 1.29 is 17.2 Å². The van der Waals surface area contributed by atoms with E-state index >= 15 is 0 Å². The van der Waals surface area contributed by atoms with E-state index in [1.165, 1.54) is 6.92 Å². The summed E-state index contributed by atoms with van der Waals surface area (Å²) >= 11 is 0. The minimum atomic E-state index is -3.73. The standard InChI is InChI=1S/C13H18F2N2O2S/c1-3-4-5-6-7-20(18,19)17-11-8-10(14)9(2)13(16)12(11)15/h3,8,17H,1,4-7,16H2,2H3. The van der Waals surface area contributed by atoms with Crippen molar-refractivity contribution in [2.75, 3.05) is 16.2 Å². The lowest BCUT2D eigenvalue weighted by atomic mass is 10.1. The summed E-state index contributed by atoms with van der Waals surface area (Å²) in [6.45, 7) is 4.85. The van der Waals surface area contributed by atoms with Crippen LogP contribution >= 0.6 is 0 Å². The molecule has 0 spiro atoms. The molecule has 0 bridgehead atoms. The molecule has 0 atom stereocenters. The number of nitrogens with two attached hydrogens (primary N) is 1. The van der Waals surface area contributed by atoms with E-state index in [-0.39, 0.29) is 11.3 Å². The molecular formula is C13H18F2N2O2S. The van der Waals surface area contributed by atoms with Crippen LogP contribution in [0.2, 0.25) is 0 Å². The molecule has 3 N–H and O–H groups in total. The van der Waals surface area contributed by atoms with E-state index in [0.29, 0.717) is 19.3 Å². The summed E-state index contributed by atoms with van der Waals surface area (Å²) in [4.78, 5) is 0. The maximum atomic E-state index is 13.8. The van der Waals surface area contributed by atoms with Gasteiger partial charge in [0, 0.05) is 11.6 Å². The fourth-order valence-corrected chi connectivity index (χ4v) is 2.78. The lowest BCUT2D eigenvalue weighted by molar-refractivity contribution is 0.590. The van der Waals surface area contributed by atoms with Crippen molar-refractivity contribution in [2.45, 2.75) is 26.2 Å². The van der Waals surface area contributed by atoms with Gasteiger partial charge in [0.05, 0.1) is 17.1 Å². The SMILES string of the molecule is C=CCCCCS(=O)(=O)Nc1cc(F)c(C)c(N)c1F. The molecule has 0 saturated heterocycles. The second kappa shape index (κ2) is 6.69.